The molecule has 0 bridgehead atoms. The second kappa shape index (κ2) is 24.9. The smallest absolute Gasteiger partial charge is 0.0894 e. The van der Waals surface area contributed by atoms with E-state index in [0.29, 0.717) is 0 Å². The molecule has 0 aliphatic carbocycles. The van der Waals surface area contributed by atoms with E-state index in [1.807, 2.05) is 0 Å². The van der Waals surface area contributed by atoms with E-state index < -0.39 is 0 Å². The van der Waals surface area contributed by atoms with Gasteiger partial charge in [0.2, 0.25) is 0 Å². The average molecular weight is 303 g/mol. The van der Waals surface area contributed by atoms with E-state index in [-0.39, 0.29) is 6.67 Å². The second-order valence-corrected chi connectivity index (χ2v) is 6.29. The molecule has 0 aromatic rings. The molecule has 0 aliphatic heterocycles. The fourth-order valence-corrected chi connectivity index (χ4v) is 2.44. The molecule has 0 fully saturated rings. The molecule has 0 saturated carbocycles. The molecule has 0 rings (SSSR count). The second-order valence-electron chi connectivity index (χ2n) is 6.29. The summed E-state index contributed by atoms with van der Waals surface area (Å²) in [4.78, 5) is 0. The number of rotatable bonds is 15. The summed E-state index contributed by atoms with van der Waals surface area (Å²) in [6.45, 7) is 6.56. The van der Waals surface area contributed by atoms with Crippen molar-refractivity contribution in [3.05, 3.63) is 0 Å². The lowest BCUT2D eigenvalue weighted by atomic mass is 10.1. The number of unbranched alkanes of at least 4 members (excludes halogenated alkanes) is 14. The first kappa shape index (κ1) is 23.2. The molecule has 1 heteroatoms. The topological polar surface area (TPSA) is 0 Å². The van der Waals surface area contributed by atoms with Crippen molar-refractivity contribution in [3.63, 3.8) is 0 Å². The molecule has 0 saturated heterocycles. The fourth-order valence-electron chi connectivity index (χ4n) is 2.44. The highest BCUT2D eigenvalue weighted by Gasteiger charge is 1.91. The first-order valence-electron chi connectivity index (χ1n) is 9.89. The molecule has 130 valence electrons. The lowest BCUT2D eigenvalue weighted by Crippen LogP contribution is -1.81. The highest BCUT2D eigenvalue weighted by atomic mass is 19.1. The normalized spacial score (nSPS) is 10.3. The molecule has 0 nitrogen and oxygen atoms in total. The van der Waals surface area contributed by atoms with Crippen molar-refractivity contribution in [2.75, 3.05) is 6.67 Å². The van der Waals surface area contributed by atoms with Crippen LogP contribution in [0.1, 0.15) is 124 Å². The van der Waals surface area contributed by atoms with Crippen LogP contribution in [0.5, 0.6) is 0 Å². The van der Waals surface area contributed by atoms with Crippen molar-refractivity contribution in [1.29, 1.82) is 0 Å². The van der Waals surface area contributed by atoms with E-state index in [1.54, 1.807) is 0 Å². The van der Waals surface area contributed by atoms with Crippen LogP contribution in [0.2, 0.25) is 0 Å². The Morgan fingerprint density at radius 2 is 0.619 bits per heavy atom. The van der Waals surface area contributed by atoms with Gasteiger partial charge in [-0.1, -0.05) is 117 Å². The Morgan fingerprint density at radius 3 is 0.857 bits per heavy atom. The van der Waals surface area contributed by atoms with Gasteiger partial charge in [0.25, 0.3) is 0 Å². The summed E-state index contributed by atoms with van der Waals surface area (Å²) in [6.07, 6.45) is 21.6. The van der Waals surface area contributed by atoms with Crippen molar-refractivity contribution >= 4 is 0 Å². The molecule has 21 heavy (non-hydrogen) atoms. The van der Waals surface area contributed by atoms with Gasteiger partial charge < -0.3 is 0 Å². The zero-order valence-electron chi connectivity index (χ0n) is 15.4. The first-order valence-corrected chi connectivity index (χ1v) is 9.89. The Bertz CT molecular complexity index is 129. The quantitative estimate of drug-likeness (QED) is 0.267. The SMILES string of the molecule is CCCCCCCCCCCCCC.CCCCCCF. The van der Waals surface area contributed by atoms with Gasteiger partial charge in [-0.2, -0.15) is 0 Å². The molecule has 0 amide bonds. The van der Waals surface area contributed by atoms with Crippen LogP contribution in [-0.4, -0.2) is 6.67 Å². The Kier molecular flexibility index (Phi) is 27.5. The van der Waals surface area contributed by atoms with Crippen LogP contribution in [0, 0.1) is 0 Å². The molecule has 0 aromatic carbocycles. The molecule has 0 spiro atoms. The van der Waals surface area contributed by atoms with Gasteiger partial charge >= 0.3 is 0 Å². The average Bonchev–Trinajstić information content (AvgIpc) is 2.50. The maximum atomic E-state index is 11.3. The zero-order valence-corrected chi connectivity index (χ0v) is 15.4. The van der Waals surface area contributed by atoms with Gasteiger partial charge in [-0.15, -0.1) is 0 Å². The lowest BCUT2D eigenvalue weighted by molar-refractivity contribution is 0.455. The molecule has 0 radical (unpaired) electrons. The molecule has 0 N–H and O–H groups in total. The van der Waals surface area contributed by atoms with Gasteiger partial charge in [0.15, 0.2) is 0 Å². The molecule has 0 unspecified atom stereocenters. The summed E-state index contributed by atoms with van der Waals surface area (Å²) < 4.78 is 11.3. The third-order valence-corrected chi connectivity index (χ3v) is 3.94. The Morgan fingerprint density at radius 1 is 0.381 bits per heavy atom. The molecular formula is C20H43F. The van der Waals surface area contributed by atoms with E-state index in [2.05, 4.69) is 20.8 Å². The summed E-state index contributed by atoms with van der Waals surface area (Å²) in [5.74, 6) is 0. The van der Waals surface area contributed by atoms with E-state index in [1.165, 1.54) is 89.9 Å². The lowest BCUT2D eigenvalue weighted by Gasteiger charge is -2.01. The zero-order chi connectivity index (χ0) is 16.0. The Hall–Kier alpha value is -0.0700. The van der Waals surface area contributed by atoms with Crippen LogP contribution in [0.4, 0.5) is 4.39 Å². The predicted molar refractivity (Wildman–Crippen MR) is 96.9 cm³/mol. The number of alkyl halides is 1. The molecular weight excluding hydrogens is 259 g/mol. The van der Waals surface area contributed by atoms with E-state index >= 15 is 0 Å². The van der Waals surface area contributed by atoms with Crippen LogP contribution < -0.4 is 0 Å². The van der Waals surface area contributed by atoms with Gasteiger partial charge in [-0.05, 0) is 6.42 Å². The highest BCUT2D eigenvalue weighted by molar-refractivity contribution is 4.47. The fraction of sp³-hybridized carbons (Fsp3) is 1.00. The maximum absolute atomic E-state index is 11.3. The Labute approximate surface area is 135 Å². The number of hydrogen-bond donors (Lipinski definition) is 0. The van der Waals surface area contributed by atoms with E-state index in [9.17, 15) is 4.39 Å². The van der Waals surface area contributed by atoms with Crippen molar-refractivity contribution < 1.29 is 4.39 Å². The minimum absolute atomic E-state index is 0.139. The van der Waals surface area contributed by atoms with E-state index in [0.717, 1.165) is 12.8 Å². The third-order valence-electron chi connectivity index (χ3n) is 3.94. The summed E-state index contributed by atoms with van der Waals surface area (Å²) in [5.41, 5.74) is 0. The molecule has 0 aliphatic rings. The van der Waals surface area contributed by atoms with Crippen molar-refractivity contribution in [2.45, 2.75) is 124 Å². The third kappa shape index (κ3) is 28.7. The predicted octanol–water partition coefficient (Wildman–Crippen LogP) is 8.24. The summed E-state index contributed by atoms with van der Waals surface area (Å²) in [7, 11) is 0. The van der Waals surface area contributed by atoms with Crippen LogP contribution >= 0.6 is 0 Å². The van der Waals surface area contributed by atoms with E-state index in [4.69, 9.17) is 0 Å². The Balaban J connectivity index is 0. The van der Waals surface area contributed by atoms with Crippen LogP contribution in [0.15, 0.2) is 0 Å². The molecule has 0 heterocycles. The van der Waals surface area contributed by atoms with Crippen LogP contribution in [0.25, 0.3) is 0 Å². The van der Waals surface area contributed by atoms with Gasteiger partial charge in [0.05, 0.1) is 6.67 Å². The van der Waals surface area contributed by atoms with Gasteiger partial charge in [0, 0.05) is 0 Å². The van der Waals surface area contributed by atoms with Crippen molar-refractivity contribution in [2.24, 2.45) is 0 Å². The standard InChI is InChI=1S/C14H30.C6H13F/c1-3-5-7-9-11-13-14-12-10-8-6-4-2;1-2-3-4-5-6-7/h3-14H2,1-2H3;2-6H2,1H3. The monoisotopic (exact) mass is 302 g/mol. The molecule has 0 aromatic heterocycles. The maximum Gasteiger partial charge on any atom is 0.0894 e. The van der Waals surface area contributed by atoms with Crippen molar-refractivity contribution in [1.82, 2.24) is 0 Å². The summed E-state index contributed by atoms with van der Waals surface area (Å²) >= 11 is 0. The summed E-state index contributed by atoms with van der Waals surface area (Å²) in [6, 6.07) is 0. The first-order chi connectivity index (χ1) is 10.3. The van der Waals surface area contributed by atoms with Gasteiger partial charge in [-0.3, -0.25) is 4.39 Å². The minimum atomic E-state index is -0.139. The van der Waals surface area contributed by atoms with Gasteiger partial charge in [0.1, 0.15) is 0 Å². The van der Waals surface area contributed by atoms with Gasteiger partial charge in [-0.25, -0.2) is 0 Å². The number of hydrogen-bond acceptors (Lipinski definition) is 0. The molecule has 0 atom stereocenters. The largest absolute Gasteiger partial charge is 0.251 e. The van der Waals surface area contributed by atoms with Crippen molar-refractivity contribution in [3.8, 4) is 0 Å². The van der Waals surface area contributed by atoms with Crippen LogP contribution in [-0.2, 0) is 0 Å². The number of halogens is 1. The highest BCUT2D eigenvalue weighted by Crippen LogP contribution is 2.11. The summed E-state index contributed by atoms with van der Waals surface area (Å²) in [5, 5.41) is 0. The minimum Gasteiger partial charge on any atom is -0.251 e. The van der Waals surface area contributed by atoms with Crippen LogP contribution in [0.3, 0.4) is 0 Å².